The van der Waals surface area contributed by atoms with Crippen LogP contribution in [0.25, 0.3) is 0 Å². The zero-order chi connectivity index (χ0) is 17.5. The first kappa shape index (κ1) is 17.5. The Kier molecular flexibility index (Phi) is 6.07. The molecule has 0 amide bonds. The van der Waals surface area contributed by atoms with Gasteiger partial charge in [-0.2, -0.15) is 0 Å². The number of aliphatic imine (C=N–C) groups is 1. The minimum absolute atomic E-state index is 0.276. The molecule has 0 bridgehead atoms. The third-order valence-electron chi connectivity index (χ3n) is 4.96. The van der Waals surface area contributed by atoms with Crippen LogP contribution in [-0.2, 0) is 0 Å². The van der Waals surface area contributed by atoms with Crippen molar-refractivity contribution in [2.24, 2.45) is 4.99 Å². The Morgan fingerprint density at radius 2 is 1.80 bits per heavy atom. The number of phenols is 1. The molecule has 3 rings (SSSR count). The van der Waals surface area contributed by atoms with E-state index in [1.807, 2.05) is 30.3 Å². The van der Waals surface area contributed by atoms with Gasteiger partial charge in [0, 0.05) is 17.3 Å². The number of methoxy groups -OCH3 is 1. The standard InChI is InChI=1S/C21H26N2O2/c1-25-19-11-9-17(10-12-19)20(23-13-5-2-6-14-23)16-22-15-18-7-3-4-8-21(18)24/h3-4,7-12,15,20,24H,2,5-6,13-14,16H2,1H3/p+1/t20-/m0/s1. The van der Waals surface area contributed by atoms with Crippen molar-refractivity contribution in [2.75, 3.05) is 26.7 Å². The summed E-state index contributed by atoms with van der Waals surface area (Å²) in [7, 11) is 1.69. The number of aromatic hydroxyl groups is 1. The Hall–Kier alpha value is -2.33. The molecule has 2 aromatic rings. The molecule has 1 heterocycles. The van der Waals surface area contributed by atoms with E-state index in [4.69, 9.17) is 4.74 Å². The summed E-state index contributed by atoms with van der Waals surface area (Å²) in [6, 6.07) is 16.0. The normalized spacial score (nSPS) is 16.8. The SMILES string of the molecule is COc1ccc([C@H](CN=Cc2ccccc2O)[NH+]2CCCCC2)cc1. The molecule has 1 saturated heterocycles. The van der Waals surface area contributed by atoms with E-state index in [2.05, 4.69) is 17.1 Å². The van der Waals surface area contributed by atoms with Gasteiger partial charge >= 0.3 is 0 Å². The summed E-state index contributed by atoms with van der Waals surface area (Å²) in [4.78, 5) is 6.26. The fraction of sp³-hybridized carbons (Fsp3) is 0.381. The molecule has 132 valence electrons. The van der Waals surface area contributed by atoms with Crippen molar-refractivity contribution in [1.82, 2.24) is 0 Å². The van der Waals surface area contributed by atoms with Gasteiger partial charge in [0.05, 0.1) is 26.7 Å². The van der Waals surface area contributed by atoms with Crippen LogP contribution >= 0.6 is 0 Å². The van der Waals surface area contributed by atoms with Crippen molar-refractivity contribution in [2.45, 2.75) is 25.3 Å². The zero-order valence-electron chi connectivity index (χ0n) is 14.8. The molecule has 0 spiro atoms. The minimum atomic E-state index is 0.276. The molecule has 25 heavy (non-hydrogen) atoms. The summed E-state index contributed by atoms with van der Waals surface area (Å²) < 4.78 is 5.28. The maximum Gasteiger partial charge on any atom is 0.133 e. The Labute approximate surface area is 149 Å². The topological polar surface area (TPSA) is 46.3 Å². The van der Waals surface area contributed by atoms with E-state index in [1.165, 1.54) is 37.9 Å². The van der Waals surface area contributed by atoms with Gasteiger partial charge in [-0.25, -0.2) is 0 Å². The van der Waals surface area contributed by atoms with Crippen LogP contribution in [0.15, 0.2) is 53.5 Å². The van der Waals surface area contributed by atoms with Crippen LogP contribution in [0.5, 0.6) is 11.5 Å². The van der Waals surface area contributed by atoms with Crippen molar-refractivity contribution in [3.05, 3.63) is 59.7 Å². The number of hydrogen-bond donors (Lipinski definition) is 2. The lowest BCUT2D eigenvalue weighted by Gasteiger charge is -2.31. The molecule has 1 aliphatic heterocycles. The molecule has 0 saturated carbocycles. The number of likely N-dealkylation sites (tertiary alicyclic amines) is 1. The fourth-order valence-electron chi connectivity index (χ4n) is 3.51. The van der Waals surface area contributed by atoms with Crippen molar-refractivity contribution in [3.63, 3.8) is 0 Å². The smallest absolute Gasteiger partial charge is 0.133 e. The first-order valence-electron chi connectivity index (χ1n) is 9.04. The van der Waals surface area contributed by atoms with Crippen LogP contribution in [-0.4, -0.2) is 38.1 Å². The molecule has 0 aromatic heterocycles. The van der Waals surface area contributed by atoms with Crippen molar-refractivity contribution >= 4 is 6.21 Å². The second kappa shape index (κ2) is 8.67. The van der Waals surface area contributed by atoms with Gasteiger partial charge in [-0.3, -0.25) is 4.99 Å². The molecular weight excluding hydrogens is 312 g/mol. The highest BCUT2D eigenvalue weighted by Gasteiger charge is 2.25. The molecule has 1 atom stereocenters. The number of rotatable bonds is 6. The molecule has 0 unspecified atom stereocenters. The number of ether oxygens (including phenoxy) is 1. The molecule has 4 nitrogen and oxygen atoms in total. The maximum atomic E-state index is 9.89. The van der Waals surface area contributed by atoms with Crippen LogP contribution in [0.4, 0.5) is 0 Å². The summed E-state index contributed by atoms with van der Waals surface area (Å²) in [6.07, 6.45) is 5.69. The van der Waals surface area contributed by atoms with Crippen molar-refractivity contribution < 1.29 is 14.7 Å². The van der Waals surface area contributed by atoms with Gasteiger partial charge in [0.2, 0.25) is 0 Å². The summed E-state index contributed by atoms with van der Waals surface area (Å²) in [5.41, 5.74) is 2.07. The van der Waals surface area contributed by atoms with E-state index in [9.17, 15) is 5.11 Å². The quantitative estimate of drug-likeness (QED) is 0.795. The van der Waals surface area contributed by atoms with Gasteiger partial charge < -0.3 is 14.7 Å². The number of quaternary nitrogens is 1. The Morgan fingerprint density at radius 3 is 2.48 bits per heavy atom. The number of phenolic OH excluding ortho intramolecular Hbond substituents is 1. The molecule has 2 N–H and O–H groups in total. The summed E-state index contributed by atoms with van der Waals surface area (Å²) in [6.45, 7) is 3.11. The minimum Gasteiger partial charge on any atom is -0.507 e. The monoisotopic (exact) mass is 339 g/mol. The number of piperidine rings is 1. The number of hydrogen-bond acceptors (Lipinski definition) is 3. The molecular formula is C21H27N2O2+. The summed E-state index contributed by atoms with van der Waals surface area (Å²) >= 11 is 0. The molecule has 4 heteroatoms. The van der Waals surface area contributed by atoms with E-state index in [1.54, 1.807) is 24.3 Å². The third kappa shape index (κ3) is 4.60. The number of nitrogens with zero attached hydrogens (tertiary/aromatic N) is 1. The molecule has 0 radical (unpaired) electrons. The maximum absolute atomic E-state index is 9.89. The van der Waals surface area contributed by atoms with E-state index in [0.717, 1.165) is 17.9 Å². The highest BCUT2D eigenvalue weighted by Crippen LogP contribution is 2.18. The zero-order valence-corrected chi connectivity index (χ0v) is 14.8. The van der Waals surface area contributed by atoms with Crippen molar-refractivity contribution in [1.29, 1.82) is 0 Å². The Bertz CT molecular complexity index is 691. The van der Waals surface area contributed by atoms with Gasteiger partial charge in [0.15, 0.2) is 0 Å². The number of nitrogens with one attached hydrogen (secondary N) is 1. The highest BCUT2D eigenvalue weighted by atomic mass is 16.5. The van der Waals surface area contributed by atoms with Crippen LogP contribution in [0, 0.1) is 0 Å². The predicted molar refractivity (Wildman–Crippen MR) is 101 cm³/mol. The van der Waals surface area contributed by atoms with Gasteiger partial charge in [-0.15, -0.1) is 0 Å². The van der Waals surface area contributed by atoms with Crippen molar-refractivity contribution in [3.8, 4) is 11.5 Å². The summed E-state index contributed by atoms with van der Waals surface area (Å²) in [5, 5.41) is 9.89. The second-order valence-electron chi connectivity index (χ2n) is 6.60. The van der Waals surface area contributed by atoms with E-state index >= 15 is 0 Å². The lowest BCUT2D eigenvalue weighted by atomic mass is 10.0. The fourth-order valence-corrected chi connectivity index (χ4v) is 3.51. The summed E-state index contributed by atoms with van der Waals surface area (Å²) in [5.74, 6) is 1.16. The van der Waals surface area contributed by atoms with Gasteiger partial charge in [-0.05, 0) is 55.7 Å². The van der Waals surface area contributed by atoms with Gasteiger partial charge in [-0.1, -0.05) is 12.1 Å². The van der Waals surface area contributed by atoms with Crippen LogP contribution in [0.2, 0.25) is 0 Å². The van der Waals surface area contributed by atoms with Crippen LogP contribution < -0.4 is 9.64 Å². The van der Waals surface area contributed by atoms with E-state index < -0.39 is 0 Å². The lowest BCUT2D eigenvalue weighted by molar-refractivity contribution is -0.934. The Morgan fingerprint density at radius 1 is 1.08 bits per heavy atom. The van der Waals surface area contributed by atoms with Gasteiger partial charge in [0.1, 0.15) is 17.5 Å². The van der Waals surface area contributed by atoms with Crippen LogP contribution in [0.1, 0.15) is 36.4 Å². The average molecular weight is 339 g/mol. The van der Waals surface area contributed by atoms with E-state index in [-0.39, 0.29) is 5.75 Å². The predicted octanol–water partition coefficient (Wildman–Crippen LogP) is 2.63. The molecule has 0 aliphatic carbocycles. The number of benzene rings is 2. The first-order chi connectivity index (χ1) is 12.3. The lowest BCUT2D eigenvalue weighted by Crippen LogP contribution is -3.13. The molecule has 2 aromatic carbocycles. The van der Waals surface area contributed by atoms with Gasteiger partial charge in [0.25, 0.3) is 0 Å². The molecule has 1 aliphatic rings. The highest BCUT2D eigenvalue weighted by molar-refractivity contribution is 5.83. The number of para-hydroxylation sites is 1. The Balaban J connectivity index is 1.77. The van der Waals surface area contributed by atoms with E-state index in [0.29, 0.717) is 6.04 Å². The largest absolute Gasteiger partial charge is 0.507 e. The molecule has 1 fully saturated rings. The average Bonchev–Trinajstić information content (AvgIpc) is 2.67. The third-order valence-corrected chi connectivity index (χ3v) is 4.96. The first-order valence-corrected chi connectivity index (χ1v) is 9.04. The van der Waals surface area contributed by atoms with Crippen LogP contribution in [0.3, 0.4) is 0 Å². The second-order valence-corrected chi connectivity index (χ2v) is 6.60.